The number of aromatic nitrogens is 2. The minimum Gasteiger partial charge on any atom is -0.444 e. The molecule has 1 aromatic heterocycles. The van der Waals surface area contributed by atoms with Gasteiger partial charge in [0.25, 0.3) is 0 Å². The Morgan fingerprint density at radius 2 is 1.74 bits per heavy atom. The molecule has 1 fully saturated rings. The van der Waals surface area contributed by atoms with Crippen molar-refractivity contribution in [3.05, 3.63) is 42.4 Å². The monoisotopic (exact) mass is 370 g/mol. The fraction of sp³-hybridized carbons (Fsp3) is 0.450. The van der Waals surface area contributed by atoms with Gasteiger partial charge in [0, 0.05) is 37.1 Å². The van der Waals surface area contributed by atoms with Gasteiger partial charge in [0.1, 0.15) is 17.0 Å². The van der Waals surface area contributed by atoms with Crippen LogP contribution in [0.15, 0.2) is 36.7 Å². The maximum atomic E-state index is 12.2. The maximum absolute atomic E-state index is 12.2. The van der Waals surface area contributed by atoms with E-state index in [-0.39, 0.29) is 12.0 Å². The summed E-state index contributed by atoms with van der Waals surface area (Å²) in [5.74, 6) is 1.34. The average Bonchev–Trinajstić information content (AvgIpc) is 2.63. The van der Waals surface area contributed by atoms with Crippen LogP contribution in [0.3, 0.4) is 0 Å². The maximum Gasteiger partial charge on any atom is 0.410 e. The molecule has 0 saturated carbocycles. The van der Waals surface area contributed by atoms with Gasteiger partial charge in [0.05, 0.1) is 0 Å². The lowest BCUT2D eigenvalue weighted by Crippen LogP contribution is -2.41. The van der Waals surface area contributed by atoms with Crippen LogP contribution in [0.2, 0.25) is 0 Å². The zero-order valence-corrected chi connectivity index (χ0v) is 16.0. The first-order chi connectivity index (χ1) is 12.8. The number of benzene rings is 1. The van der Waals surface area contributed by atoms with Gasteiger partial charge in [-0.05, 0) is 57.9 Å². The van der Waals surface area contributed by atoms with Crippen LogP contribution in [-0.4, -0.2) is 39.7 Å². The van der Waals surface area contributed by atoms with Gasteiger partial charge in [0.2, 0.25) is 5.88 Å². The normalized spacial score (nSPS) is 15.4. The van der Waals surface area contributed by atoms with E-state index >= 15 is 0 Å². The standard InChI is InChI=1S/C20H26N4O3/c1-20(2,3)27-19(25)24-12-8-14(9-13-24)17-18(23-11-10-22-17)26-16-6-4-15(21)5-7-16/h4-7,10-11,14H,8-9,12-13,21H2,1-3H3. The second-order valence-corrected chi connectivity index (χ2v) is 7.66. The first kappa shape index (κ1) is 18.9. The second-order valence-electron chi connectivity index (χ2n) is 7.66. The number of hydrogen-bond acceptors (Lipinski definition) is 6. The number of amides is 1. The van der Waals surface area contributed by atoms with Crippen LogP contribution >= 0.6 is 0 Å². The van der Waals surface area contributed by atoms with Crippen molar-refractivity contribution in [3.8, 4) is 11.6 Å². The summed E-state index contributed by atoms with van der Waals surface area (Å²) in [6.45, 7) is 6.86. The van der Waals surface area contributed by atoms with E-state index in [2.05, 4.69) is 9.97 Å². The Labute approximate surface area is 159 Å². The predicted octanol–water partition coefficient (Wildman–Crippen LogP) is 3.97. The van der Waals surface area contributed by atoms with Crippen LogP contribution in [-0.2, 0) is 4.74 Å². The van der Waals surface area contributed by atoms with Gasteiger partial charge in [-0.2, -0.15) is 0 Å². The van der Waals surface area contributed by atoms with Crippen molar-refractivity contribution in [1.29, 1.82) is 0 Å². The molecule has 1 aromatic carbocycles. The highest BCUT2D eigenvalue weighted by Gasteiger charge is 2.29. The Morgan fingerprint density at radius 1 is 1.11 bits per heavy atom. The SMILES string of the molecule is CC(C)(C)OC(=O)N1CCC(c2nccnc2Oc2ccc(N)cc2)CC1. The lowest BCUT2D eigenvalue weighted by atomic mass is 9.93. The molecule has 3 rings (SSSR count). The number of carbonyl (C=O) groups is 1. The lowest BCUT2D eigenvalue weighted by Gasteiger charge is -2.33. The summed E-state index contributed by atoms with van der Waals surface area (Å²) in [4.78, 5) is 22.8. The fourth-order valence-electron chi connectivity index (χ4n) is 3.00. The smallest absolute Gasteiger partial charge is 0.410 e. The number of nitrogens with zero attached hydrogens (tertiary/aromatic N) is 3. The highest BCUT2D eigenvalue weighted by molar-refractivity contribution is 5.68. The molecule has 0 bridgehead atoms. The molecule has 7 nitrogen and oxygen atoms in total. The third kappa shape index (κ3) is 5.09. The predicted molar refractivity (Wildman–Crippen MR) is 103 cm³/mol. The van der Waals surface area contributed by atoms with Crippen LogP contribution in [0.5, 0.6) is 11.6 Å². The van der Waals surface area contributed by atoms with E-state index in [1.54, 1.807) is 41.6 Å². The number of carbonyl (C=O) groups excluding carboxylic acids is 1. The molecule has 0 unspecified atom stereocenters. The van der Waals surface area contributed by atoms with Crippen molar-refractivity contribution >= 4 is 11.8 Å². The Balaban J connectivity index is 1.66. The van der Waals surface area contributed by atoms with Crippen molar-refractivity contribution in [3.63, 3.8) is 0 Å². The first-order valence-corrected chi connectivity index (χ1v) is 9.14. The molecule has 7 heteroatoms. The molecule has 1 saturated heterocycles. The Bertz CT molecular complexity index is 779. The summed E-state index contributed by atoms with van der Waals surface area (Å²) in [7, 11) is 0. The summed E-state index contributed by atoms with van der Waals surface area (Å²) in [6.07, 6.45) is 4.60. The number of piperidine rings is 1. The molecule has 0 aliphatic carbocycles. The number of ether oxygens (including phenoxy) is 2. The van der Waals surface area contributed by atoms with E-state index in [0.29, 0.717) is 30.4 Å². The molecule has 2 aromatic rings. The van der Waals surface area contributed by atoms with Crippen molar-refractivity contribution in [1.82, 2.24) is 14.9 Å². The molecule has 144 valence electrons. The van der Waals surface area contributed by atoms with Gasteiger partial charge in [-0.15, -0.1) is 0 Å². The summed E-state index contributed by atoms with van der Waals surface area (Å²) in [5.41, 5.74) is 6.72. The molecule has 2 N–H and O–H groups in total. The number of nitrogen functional groups attached to an aromatic ring is 1. The van der Waals surface area contributed by atoms with Crippen LogP contribution in [0, 0.1) is 0 Å². The largest absolute Gasteiger partial charge is 0.444 e. The molecule has 1 amide bonds. The molecular formula is C20H26N4O3. The van der Waals surface area contributed by atoms with Crippen molar-refractivity contribution in [2.75, 3.05) is 18.8 Å². The minimum atomic E-state index is -0.487. The molecule has 0 radical (unpaired) electrons. The van der Waals surface area contributed by atoms with E-state index in [0.717, 1.165) is 18.5 Å². The summed E-state index contributed by atoms with van der Waals surface area (Å²) in [5, 5.41) is 0. The zero-order chi connectivity index (χ0) is 19.4. The van der Waals surface area contributed by atoms with E-state index in [4.69, 9.17) is 15.2 Å². The van der Waals surface area contributed by atoms with Gasteiger partial charge >= 0.3 is 6.09 Å². The lowest BCUT2D eigenvalue weighted by molar-refractivity contribution is 0.0203. The van der Waals surface area contributed by atoms with Crippen molar-refractivity contribution in [2.24, 2.45) is 0 Å². The van der Waals surface area contributed by atoms with Crippen molar-refractivity contribution in [2.45, 2.75) is 45.1 Å². The number of hydrogen-bond donors (Lipinski definition) is 1. The third-order valence-electron chi connectivity index (χ3n) is 4.32. The van der Waals surface area contributed by atoms with E-state index in [1.807, 2.05) is 20.8 Å². The molecule has 27 heavy (non-hydrogen) atoms. The zero-order valence-electron chi connectivity index (χ0n) is 16.0. The topological polar surface area (TPSA) is 90.6 Å². The van der Waals surface area contributed by atoms with Gasteiger partial charge in [-0.25, -0.2) is 9.78 Å². The molecule has 0 spiro atoms. The van der Waals surface area contributed by atoms with Crippen LogP contribution in [0.1, 0.15) is 45.2 Å². The summed E-state index contributed by atoms with van der Waals surface area (Å²) < 4.78 is 11.4. The molecule has 1 aliphatic heterocycles. The minimum absolute atomic E-state index is 0.182. The first-order valence-electron chi connectivity index (χ1n) is 9.14. The van der Waals surface area contributed by atoms with Crippen molar-refractivity contribution < 1.29 is 14.3 Å². The van der Waals surface area contributed by atoms with Crippen LogP contribution in [0.4, 0.5) is 10.5 Å². The molecule has 2 heterocycles. The fourth-order valence-corrected chi connectivity index (χ4v) is 3.00. The molecule has 1 aliphatic rings. The van der Waals surface area contributed by atoms with E-state index in [9.17, 15) is 4.79 Å². The highest BCUT2D eigenvalue weighted by Crippen LogP contribution is 2.33. The number of likely N-dealkylation sites (tertiary alicyclic amines) is 1. The van der Waals surface area contributed by atoms with Crippen LogP contribution in [0.25, 0.3) is 0 Å². The summed E-state index contributed by atoms with van der Waals surface area (Å²) in [6, 6.07) is 7.17. The molecular weight excluding hydrogens is 344 g/mol. The van der Waals surface area contributed by atoms with Gasteiger partial charge in [0.15, 0.2) is 0 Å². The number of rotatable bonds is 3. The third-order valence-corrected chi connectivity index (χ3v) is 4.32. The summed E-state index contributed by atoms with van der Waals surface area (Å²) >= 11 is 0. The number of nitrogens with two attached hydrogens (primary N) is 1. The number of anilines is 1. The van der Waals surface area contributed by atoms with Gasteiger partial charge < -0.3 is 20.1 Å². The van der Waals surface area contributed by atoms with Gasteiger partial charge in [-0.3, -0.25) is 4.98 Å². The van der Waals surface area contributed by atoms with Gasteiger partial charge in [-0.1, -0.05) is 0 Å². The Hall–Kier alpha value is -2.83. The Morgan fingerprint density at radius 3 is 2.37 bits per heavy atom. The quantitative estimate of drug-likeness (QED) is 0.822. The second kappa shape index (κ2) is 7.82. The van der Waals surface area contributed by atoms with E-state index < -0.39 is 5.60 Å². The highest BCUT2D eigenvalue weighted by atomic mass is 16.6. The average molecular weight is 370 g/mol. The van der Waals surface area contributed by atoms with E-state index in [1.165, 1.54) is 0 Å². The molecule has 0 atom stereocenters. The Kier molecular flexibility index (Phi) is 5.48. The van der Waals surface area contributed by atoms with Crippen LogP contribution < -0.4 is 10.5 Å².